The number of rotatable bonds is 3. The van der Waals surface area contributed by atoms with Crippen LogP contribution in [0.3, 0.4) is 0 Å². The molecule has 2 nitrogen and oxygen atoms in total. The molecule has 2 aromatic rings. The Morgan fingerprint density at radius 1 is 1.00 bits per heavy atom. The molecule has 1 N–H and O–H groups in total. The first kappa shape index (κ1) is 9.87. The SMILES string of the molecule is [NH]C(Cc1ccccc1)c1ccccn1. The second kappa shape index (κ2) is 4.71. The molecular formula is C13H13N2. The van der Waals surface area contributed by atoms with Crippen LogP contribution in [0.15, 0.2) is 54.7 Å². The first-order valence-corrected chi connectivity index (χ1v) is 5.02. The van der Waals surface area contributed by atoms with Crippen molar-refractivity contribution >= 4 is 0 Å². The summed E-state index contributed by atoms with van der Waals surface area (Å²) in [5.74, 6) is 0. The zero-order valence-electron chi connectivity index (χ0n) is 8.43. The van der Waals surface area contributed by atoms with Crippen molar-refractivity contribution in [3.63, 3.8) is 0 Å². The number of hydrogen-bond acceptors (Lipinski definition) is 1. The normalized spacial score (nSPS) is 12.3. The lowest BCUT2D eigenvalue weighted by molar-refractivity contribution is 0.674. The summed E-state index contributed by atoms with van der Waals surface area (Å²) in [5, 5.41) is 0. The standard InChI is InChI=1S/C13H13N2/c14-12(13-8-4-5-9-15-13)10-11-6-2-1-3-7-11/h1-9,12,14H,10H2. The lowest BCUT2D eigenvalue weighted by Crippen LogP contribution is -2.05. The van der Waals surface area contributed by atoms with Crippen LogP contribution in [-0.2, 0) is 6.42 Å². The topological polar surface area (TPSA) is 36.7 Å². The third-order valence-electron chi connectivity index (χ3n) is 2.33. The Balaban J connectivity index is 2.08. The van der Waals surface area contributed by atoms with Gasteiger partial charge in [0.15, 0.2) is 0 Å². The van der Waals surface area contributed by atoms with Gasteiger partial charge in [0.1, 0.15) is 0 Å². The highest BCUT2D eigenvalue weighted by Gasteiger charge is 2.07. The lowest BCUT2D eigenvalue weighted by Gasteiger charge is -2.09. The van der Waals surface area contributed by atoms with E-state index in [9.17, 15) is 0 Å². The summed E-state index contributed by atoms with van der Waals surface area (Å²) >= 11 is 0. The van der Waals surface area contributed by atoms with Gasteiger partial charge in [-0.25, -0.2) is 5.73 Å². The summed E-state index contributed by atoms with van der Waals surface area (Å²) < 4.78 is 0. The maximum Gasteiger partial charge on any atom is 0.0675 e. The molecule has 0 bridgehead atoms. The minimum atomic E-state index is -0.270. The van der Waals surface area contributed by atoms with E-state index in [-0.39, 0.29) is 6.04 Å². The van der Waals surface area contributed by atoms with Crippen molar-refractivity contribution in [1.29, 1.82) is 0 Å². The van der Waals surface area contributed by atoms with Gasteiger partial charge in [0.25, 0.3) is 0 Å². The van der Waals surface area contributed by atoms with Gasteiger partial charge < -0.3 is 0 Å². The molecule has 1 radical (unpaired) electrons. The van der Waals surface area contributed by atoms with Crippen molar-refractivity contribution in [3.8, 4) is 0 Å². The van der Waals surface area contributed by atoms with E-state index >= 15 is 0 Å². The van der Waals surface area contributed by atoms with E-state index in [1.54, 1.807) is 6.20 Å². The van der Waals surface area contributed by atoms with Crippen LogP contribution >= 0.6 is 0 Å². The fourth-order valence-corrected chi connectivity index (χ4v) is 1.54. The molecule has 1 atom stereocenters. The minimum Gasteiger partial charge on any atom is -0.260 e. The summed E-state index contributed by atoms with van der Waals surface area (Å²) in [7, 11) is 0. The summed E-state index contributed by atoms with van der Waals surface area (Å²) in [6.07, 6.45) is 2.46. The molecule has 1 unspecified atom stereocenters. The second-order valence-corrected chi connectivity index (χ2v) is 3.50. The van der Waals surface area contributed by atoms with Crippen LogP contribution < -0.4 is 5.73 Å². The van der Waals surface area contributed by atoms with Gasteiger partial charge in [0.05, 0.1) is 11.7 Å². The van der Waals surface area contributed by atoms with Gasteiger partial charge in [0.2, 0.25) is 0 Å². The summed E-state index contributed by atoms with van der Waals surface area (Å²) in [6.45, 7) is 0. The van der Waals surface area contributed by atoms with E-state index in [2.05, 4.69) is 4.98 Å². The van der Waals surface area contributed by atoms with Crippen molar-refractivity contribution in [2.75, 3.05) is 0 Å². The lowest BCUT2D eigenvalue weighted by atomic mass is 10.0. The van der Waals surface area contributed by atoms with Crippen molar-refractivity contribution in [2.45, 2.75) is 12.5 Å². The largest absolute Gasteiger partial charge is 0.260 e. The summed E-state index contributed by atoms with van der Waals surface area (Å²) in [5.41, 5.74) is 10.0. The predicted octanol–water partition coefficient (Wildman–Crippen LogP) is 2.65. The molecular weight excluding hydrogens is 184 g/mol. The highest BCUT2D eigenvalue weighted by Crippen LogP contribution is 2.14. The van der Waals surface area contributed by atoms with Gasteiger partial charge in [-0.05, 0) is 24.1 Å². The molecule has 2 rings (SSSR count). The Morgan fingerprint density at radius 2 is 1.73 bits per heavy atom. The van der Waals surface area contributed by atoms with E-state index in [1.807, 2.05) is 48.5 Å². The number of nitrogens with one attached hydrogen (secondary N) is 1. The van der Waals surface area contributed by atoms with Gasteiger partial charge in [0, 0.05) is 6.20 Å². The molecule has 0 saturated heterocycles. The number of nitrogens with zero attached hydrogens (tertiary/aromatic N) is 1. The van der Waals surface area contributed by atoms with Crippen molar-refractivity contribution in [1.82, 2.24) is 10.7 Å². The number of pyridine rings is 1. The van der Waals surface area contributed by atoms with Crippen LogP contribution in [-0.4, -0.2) is 4.98 Å². The fourth-order valence-electron chi connectivity index (χ4n) is 1.54. The van der Waals surface area contributed by atoms with Crippen LogP contribution in [0, 0.1) is 0 Å². The van der Waals surface area contributed by atoms with Gasteiger partial charge in [-0.1, -0.05) is 36.4 Å². The molecule has 0 saturated carbocycles. The Morgan fingerprint density at radius 3 is 2.40 bits per heavy atom. The van der Waals surface area contributed by atoms with Gasteiger partial charge in [-0.3, -0.25) is 4.98 Å². The quantitative estimate of drug-likeness (QED) is 0.745. The van der Waals surface area contributed by atoms with E-state index in [1.165, 1.54) is 5.56 Å². The number of hydrogen-bond donors (Lipinski definition) is 0. The third kappa shape index (κ3) is 2.64. The molecule has 0 spiro atoms. The minimum absolute atomic E-state index is 0.270. The van der Waals surface area contributed by atoms with Crippen molar-refractivity contribution in [3.05, 3.63) is 66.0 Å². The molecule has 1 aromatic heterocycles. The molecule has 75 valence electrons. The Bertz CT molecular complexity index is 397. The Labute approximate surface area is 89.8 Å². The Kier molecular flexibility index (Phi) is 3.10. The molecule has 15 heavy (non-hydrogen) atoms. The van der Waals surface area contributed by atoms with E-state index in [0.717, 1.165) is 12.1 Å². The van der Waals surface area contributed by atoms with Crippen molar-refractivity contribution < 1.29 is 0 Å². The maximum absolute atomic E-state index is 7.99. The zero-order chi connectivity index (χ0) is 10.5. The van der Waals surface area contributed by atoms with Crippen LogP contribution in [0.25, 0.3) is 0 Å². The molecule has 0 fully saturated rings. The molecule has 0 amide bonds. The molecule has 0 aliphatic carbocycles. The second-order valence-electron chi connectivity index (χ2n) is 3.50. The van der Waals surface area contributed by atoms with E-state index in [0.29, 0.717) is 0 Å². The van der Waals surface area contributed by atoms with Crippen LogP contribution in [0.4, 0.5) is 0 Å². The first-order chi connectivity index (χ1) is 7.36. The monoisotopic (exact) mass is 197 g/mol. The van der Waals surface area contributed by atoms with Gasteiger partial charge in [-0.15, -0.1) is 0 Å². The molecule has 0 aliphatic rings. The highest BCUT2D eigenvalue weighted by atomic mass is 14.8. The van der Waals surface area contributed by atoms with Crippen LogP contribution in [0.1, 0.15) is 17.3 Å². The average molecular weight is 197 g/mol. The highest BCUT2D eigenvalue weighted by molar-refractivity contribution is 5.18. The van der Waals surface area contributed by atoms with Gasteiger partial charge in [-0.2, -0.15) is 0 Å². The van der Waals surface area contributed by atoms with Crippen molar-refractivity contribution in [2.24, 2.45) is 0 Å². The number of aromatic nitrogens is 1. The van der Waals surface area contributed by atoms with Gasteiger partial charge >= 0.3 is 0 Å². The summed E-state index contributed by atoms with van der Waals surface area (Å²) in [4.78, 5) is 4.19. The van der Waals surface area contributed by atoms with Crippen LogP contribution in [0.5, 0.6) is 0 Å². The molecule has 1 heterocycles. The number of benzene rings is 1. The van der Waals surface area contributed by atoms with Crippen LogP contribution in [0.2, 0.25) is 0 Å². The fraction of sp³-hybridized carbons (Fsp3) is 0.154. The molecule has 0 aliphatic heterocycles. The smallest absolute Gasteiger partial charge is 0.0675 e. The maximum atomic E-state index is 7.99. The average Bonchev–Trinajstić information content (AvgIpc) is 2.31. The van der Waals surface area contributed by atoms with E-state index < -0.39 is 0 Å². The first-order valence-electron chi connectivity index (χ1n) is 5.02. The third-order valence-corrected chi connectivity index (χ3v) is 2.33. The Hall–Kier alpha value is -1.67. The molecule has 1 aromatic carbocycles. The predicted molar refractivity (Wildman–Crippen MR) is 60.2 cm³/mol. The zero-order valence-corrected chi connectivity index (χ0v) is 8.43. The van der Waals surface area contributed by atoms with E-state index in [4.69, 9.17) is 5.73 Å². The molecule has 2 heteroatoms. The summed E-state index contributed by atoms with van der Waals surface area (Å²) in [6, 6.07) is 15.5.